The van der Waals surface area contributed by atoms with Crippen molar-refractivity contribution in [2.75, 3.05) is 5.32 Å². The molecule has 4 atom stereocenters. The van der Waals surface area contributed by atoms with Gasteiger partial charge in [0.25, 0.3) is 0 Å². The van der Waals surface area contributed by atoms with Crippen molar-refractivity contribution in [2.45, 2.75) is 37.9 Å². The molecule has 22 heavy (non-hydrogen) atoms. The van der Waals surface area contributed by atoms with Crippen LogP contribution in [0.2, 0.25) is 0 Å². The quantitative estimate of drug-likeness (QED) is 0.648. The lowest BCUT2D eigenvalue weighted by atomic mass is 10.1. The van der Waals surface area contributed by atoms with Crippen LogP contribution in [0.3, 0.4) is 0 Å². The van der Waals surface area contributed by atoms with E-state index in [0.717, 1.165) is 10.8 Å². The molecule has 0 aromatic carbocycles. The molecule has 1 aliphatic rings. The summed E-state index contributed by atoms with van der Waals surface area (Å²) in [7, 11) is 0. The molecule has 8 nitrogen and oxygen atoms in total. The predicted molar refractivity (Wildman–Crippen MR) is 73.5 cm³/mol. The highest BCUT2D eigenvalue weighted by atomic mass is 19.1. The van der Waals surface area contributed by atoms with E-state index in [2.05, 4.69) is 16.9 Å². The number of rotatable bonds is 4. The van der Waals surface area contributed by atoms with Crippen molar-refractivity contribution in [2.24, 2.45) is 0 Å². The molecule has 0 radical (unpaired) electrons. The lowest BCUT2D eigenvalue weighted by Crippen LogP contribution is -2.36. The Balaban J connectivity index is 2.29. The van der Waals surface area contributed by atoms with Crippen molar-refractivity contribution in [3.63, 3.8) is 0 Å². The van der Waals surface area contributed by atoms with Crippen molar-refractivity contribution in [3.8, 4) is 0 Å². The minimum atomic E-state index is -1.39. The van der Waals surface area contributed by atoms with Crippen LogP contribution in [0, 0.1) is 5.82 Å². The second-order valence-corrected chi connectivity index (χ2v) is 4.88. The zero-order valence-corrected chi connectivity index (χ0v) is 11.8. The molecule has 2 unspecified atom stereocenters. The van der Waals surface area contributed by atoms with Gasteiger partial charge in [-0.3, -0.25) is 9.36 Å². The van der Waals surface area contributed by atoms with Crippen LogP contribution >= 0.6 is 0 Å². The average molecular weight is 313 g/mol. The van der Waals surface area contributed by atoms with E-state index < -0.39 is 47.8 Å². The Hall–Kier alpha value is -2.10. The average Bonchev–Trinajstić information content (AvgIpc) is 2.70. The number of carbonyl (C=O) groups excluding carboxylic acids is 1. The van der Waals surface area contributed by atoms with Gasteiger partial charge in [-0.05, 0) is 6.92 Å². The third-order valence-electron chi connectivity index (χ3n) is 3.25. The molecule has 3 N–H and O–H groups in total. The molecule has 0 saturated carbocycles. The number of amides is 1. The number of aromatic nitrogens is 2. The number of hydrogen-bond acceptors (Lipinski definition) is 6. The highest BCUT2D eigenvalue weighted by molar-refractivity contribution is 5.90. The maximum Gasteiger partial charge on any atom is 0.351 e. The molecule has 1 fully saturated rings. The van der Waals surface area contributed by atoms with Gasteiger partial charge in [-0.25, -0.2) is 9.18 Å². The van der Waals surface area contributed by atoms with Crippen molar-refractivity contribution in [1.29, 1.82) is 0 Å². The van der Waals surface area contributed by atoms with E-state index in [-0.39, 0.29) is 6.42 Å². The lowest BCUT2D eigenvalue weighted by molar-refractivity contribution is -0.115. The van der Waals surface area contributed by atoms with E-state index >= 15 is 0 Å². The van der Waals surface area contributed by atoms with E-state index in [1.165, 1.54) is 13.0 Å². The van der Waals surface area contributed by atoms with Gasteiger partial charge >= 0.3 is 5.69 Å². The zero-order valence-electron chi connectivity index (χ0n) is 11.8. The molecule has 1 aromatic heterocycles. The summed E-state index contributed by atoms with van der Waals surface area (Å²) >= 11 is 0. The fraction of sp³-hybridized carbons (Fsp3) is 0.462. The number of hydrogen-bond donors (Lipinski definition) is 3. The summed E-state index contributed by atoms with van der Waals surface area (Å²) in [4.78, 5) is 26.7. The molecule has 1 saturated heterocycles. The SMILES string of the molecule is C=CCC(=O)Nc1nc(=O)n([C@@H]2O[C@H](C)C(O)C2O)cc1F. The summed E-state index contributed by atoms with van der Waals surface area (Å²) in [6.45, 7) is 4.87. The first-order valence-corrected chi connectivity index (χ1v) is 6.56. The molecule has 1 aromatic rings. The van der Waals surface area contributed by atoms with Gasteiger partial charge < -0.3 is 20.3 Å². The van der Waals surface area contributed by atoms with Crippen LogP contribution in [0.5, 0.6) is 0 Å². The second-order valence-electron chi connectivity index (χ2n) is 4.88. The fourth-order valence-corrected chi connectivity index (χ4v) is 2.09. The number of aliphatic hydroxyl groups is 2. The minimum absolute atomic E-state index is 0.0572. The predicted octanol–water partition coefficient (Wildman–Crippen LogP) is -0.464. The molecular weight excluding hydrogens is 297 g/mol. The first-order valence-electron chi connectivity index (χ1n) is 6.56. The zero-order chi connectivity index (χ0) is 16.4. The summed E-state index contributed by atoms with van der Waals surface area (Å²) in [5.41, 5.74) is -0.930. The first-order chi connectivity index (χ1) is 10.3. The van der Waals surface area contributed by atoms with Gasteiger partial charge in [0.05, 0.1) is 12.3 Å². The Bertz CT molecular complexity index is 647. The monoisotopic (exact) mass is 313 g/mol. The van der Waals surface area contributed by atoms with Crippen molar-refractivity contribution in [3.05, 3.63) is 35.2 Å². The fourth-order valence-electron chi connectivity index (χ4n) is 2.09. The molecular formula is C13H16FN3O5. The standard InChI is InChI=1S/C13H16FN3O5/c1-3-4-8(18)15-11-7(14)5-17(13(21)16-11)12-10(20)9(19)6(2)22-12/h3,5-6,9-10,12,19-20H,1,4H2,2H3,(H,15,16,18,21)/t6-,9?,10?,12-/m1/s1. The van der Waals surface area contributed by atoms with E-state index in [1.807, 2.05) is 0 Å². The van der Waals surface area contributed by atoms with E-state index in [4.69, 9.17) is 4.74 Å². The minimum Gasteiger partial charge on any atom is -0.388 e. The second kappa shape index (κ2) is 6.34. The number of anilines is 1. The van der Waals surface area contributed by atoms with Crippen molar-refractivity contribution >= 4 is 11.7 Å². The largest absolute Gasteiger partial charge is 0.388 e. The van der Waals surface area contributed by atoms with Gasteiger partial charge in [0.2, 0.25) is 5.91 Å². The number of nitrogens with one attached hydrogen (secondary N) is 1. The molecule has 2 rings (SSSR count). The number of ether oxygens (including phenoxy) is 1. The smallest absolute Gasteiger partial charge is 0.351 e. The Labute approximate surface area is 124 Å². The van der Waals surface area contributed by atoms with E-state index in [1.54, 1.807) is 0 Å². The Morgan fingerprint density at radius 3 is 2.82 bits per heavy atom. The summed E-state index contributed by atoms with van der Waals surface area (Å²) in [5.74, 6) is -2.06. The third kappa shape index (κ3) is 3.06. The van der Waals surface area contributed by atoms with Crippen molar-refractivity contribution in [1.82, 2.24) is 9.55 Å². The molecule has 2 heterocycles. The van der Waals surface area contributed by atoms with Crippen LogP contribution in [0.4, 0.5) is 10.2 Å². The Kier molecular flexibility index (Phi) is 4.69. The molecule has 1 amide bonds. The maximum atomic E-state index is 13.9. The molecule has 0 spiro atoms. The van der Waals surface area contributed by atoms with Crippen LogP contribution in [-0.4, -0.2) is 44.0 Å². The van der Waals surface area contributed by atoms with Crippen LogP contribution in [-0.2, 0) is 9.53 Å². The molecule has 120 valence electrons. The topological polar surface area (TPSA) is 114 Å². The van der Waals surface area contributed by atoms with Crippen LogP contribution in [0.1, 0.15) is 19.6 Å². The molecule has 0 bridgehead atoms. The van der Waals surface area contributed by atoms with Gasteiger partial charge in [0.15, 0.2) is 17.9 Å². The summed E-state index contributed by atoms with van der Waals surface area (Å²) in [5, 5.41) is 21.6. The Morgan fingerprint density at radius 1 is 1.59 bits per heavy atom. The number of carbonyl (C=O) groups is 1. The van der Waals surface area contributed by atoms with Gasteiger partial charge in [-0.2, -0.15) is 4.98 Å². The summed E-state index contributed by atoms with van der Waals surface area (Å²) in [6, 6.07) is 0. The molecule has 0 aliphatic carbocycles. The van der Waals surface area contributed by atoms with Crippen molar-refractivity contribution < 1.29 is 24.1 Å². The first kappa shape index (κ1) is 16.3. The lowest BCUT2D eigenvalue weighted by Gasteiger charge is -2.17. The third-order valence-corrected chi connectivity index (χ3v) is 3.25. The normalized spacial score (nSPS) is 27.6. The van der Waals surface area contributed by atoms with Crippen LogP contribution < -0.4 is 11.0 Å². The number of nitrogens with zero attached hydrogens (tertiary/aromatic N) is 2. The van der Waals surface area contributed by atoms with E-state index in [9.17, 15) is 24.2 Å². The van der Waals surface area contributed by atoms with Gasteiger partial charge in [0.1, 0.15) is 12.2 Å². The Morgan fingerprint density at radius 2 is 2.27 bits per heavy atom. The van der Waals surface area contributed by atoms with Crippen LogP contribution in [0.25, 0.3) is 0 Å². The van der Waals surface area contributed by atoms with Gasteiger partial charge in [-0.1, -0.05) is 6.08 Å². The highest BCUT2D eigenvalue weighted by Gasteiger charge is 2.42. The number of aliphatic hydroxyl groups excluding tert-OH is 2. The molecule has 9 heteroatoms. The summed E-state index contributed by atoms with van der Waals surface area (Å²) in [6.07, 6.45) is -2.54. The molecule has 1 aliphatic heterocycles. The van der Waals surface area contributed by atoms with Gasteiger partial charge in [-0.15, -0.1) is 6.58 Å². The maximum absolute atomic E-state index is 13.9. The van der Waals surface area contributed by atoms with Gasteiger partial charge in [0, 0.05) is 6.42 Å². The van der Waals surface area contributed by atoms with E-state index in [0.29, 0.717) is 0 Å². The van der Waals surface area contributed by atoms with Crippen LogP contribution in [0.15, 0.2) is 23.6 Å². The highest BCUT2D eigenvalue weighted by Crippen LogP contribution is 2.28. The summed E-state index contributed by atoms with van der Waals surface area (Å²) < 4.78 is 19.9. The number of halogens is 1.